The van der Waals surface area contributed by atoms with Crippen molar-refractivity contribution >= 4 is 6.08 Å². The van der Waals surface area contributed by atoms with Crippen molar-refractivity contribution in [3.63, 3.8) is 0 Å². The summed E-state index contributed by atoms with van der Waals surface area (Å²) >= 11 is 0. The summed E-state index contributed by atoms with van der Waals surface area (Å²) in [6, 6.07) is 5.95. The zero-order chi connectivity index (χ0) is 9.97. The highest BCUT2D eigenvalue weighted by atomic mass is 16.5. The molecule has 0 amide bonds. The molecule has 0 N–H and O–H groups in total. The summed E-state index contributed by atoms with van der Waals surface area (Å²) in [5.41, 5.74) is 2.22. The highest BCUT2D eigenvalue weighted by molar-refractivity contribution is 5.41. The Morgan fingerprint density at radius 2 is 2.50 bits per heavy atom. The lowest BCUT2D eigenvalue weighted by atomic mass is 10.1. The predicted octanol–water partition coefficient (Wildman–Crippen LogP) is 1.85. The lowest BCUT2D eigenvalue weighted by Crippen LogP contribution is -2.05. The van der Waals surface area contributed by atoms with Crippen LogP contribution in [0.2, 0.25) is 0 Å². The van der Waals surface area contributed by atoms with Crippen molar-refractivity contribution in [2.75, 3.05) is 0 Å². The van der Waals surface area contributed by atoms with Gasteiger partial charge in [0.1, 0.15) is 11.9 Å². The molecule has 1 atom stereocenters. The van der Waals surface area contributed by atoms with Crippen molar-refractivity contribution in [1.82, 2.24) is 0 Å². The van der Waals surface area contributed by atoms with Crippen molar-refractivity contribution in [2.45, 2.75) is 26.0 Å². The second-order valence-electron chi connectivity index (χ2n) is 3.48. The van der Waals surface area contributed by atoms with Crippen LogP contribution in [0.4, 0.5) is 0 Å². The van der Waals surface area contributed by atoms with Crippen molar-refractivity contribution < 1.29 is 9.53 Å². The Kier molecular flexibility index (Phi) is 2.33. The molecular formula is C11H11NO2. The molecule has 1 aliphatic rings. The van der Waals surface area contributed by atoms with Crippen LogP contribution in [0.25, 0.3) is 0 Å². The first-order valence-corrected chi connectivity index (χ1v) is 4.61. The number of rotatable bonds is 2. The molecule has 0 aromatic heterocycles. The molecule has 14 heavy (non-hydrogen) atoms. The highest BCUT2D eigenvalue weighted by Crippen LogP contribution is 2.29. The average molecular weight is 189 g/mol. The van der Waals surface area contributed by atoms with E-state index in [0.717, 1.165) is 17.7 Å². The smallest absolute Gasteiger partial charge is 0.235 e. The zero-order valence-corrected chi connectivity index (χ0v) is 7.99. The van der Waals surface area contributed by atoms with Gasteiger partial charge in [-0.05, 0) is 24.1 Å². The molecule has 1 aliphatic heterocycles. The van der Waals surface area contributed by atoms with Gasteiger partial charge in [-0.3, -0.25) is 0 Å². The molecule has 72 valence electrons. The van der Waals surface area contributed by atoms with Crippen molar-refractivity contribution in [3.05, 3.63) is 29.3 Å². The molecule has 0 spiro atoms. The summed E-state index contributed by atoms with van der Waals surface area (Å²) in [5.74, 6) is 0.927. The molecule has 0 aliphatic carbocycles. The predicted molar refractivity (Wildman–Crippen MR) is 52.1 cm³/mol. The first-order chi connectivity index (χ1) is 6.79. The second-order valence-corrected chi connectivity index (χ2v) is 3.48. The van der Waals surface area contributed by atoms with Crippen LogP contribution >= 0.6 is 0 Å². The van der Waals surface area contributed by atoms with E-state index in [4.69, 9.17) is 4.74 Å². The Morgan fingerprint density at radius 1 is 1.64 bits per heavy atom. The van der Waals surface area contributed by atoms with E-state index in [9.17, 15) is 4.79 Å². The van der Waals surface area contributed by atoms with Gasteiger partial charge in [-0.15, -0.1) is 0 Å². The maximum Gasteiger partial charge on any atom is 0.235 e. The number of carbonyl (C=O) groups excluding carboxylic acids is 1. The van der Waals surface area contributed by atoms with Crippen molar-refractivity contribution in [2.24, 2.45) is 4.99 Å². The van der Waals surface area contributed by atoms with Crippen LogP contribution < -0.4 is 4.74 Å². The molecule has 0 fully saturated rings. The van der Waals surface area contributed by atoms with Crippen LogP contribution in [-0.2, 0) is 17.8 Å². The third-order valence-electron chi connectivity index (χ3n) is 2.29. The van der Waals surface area contributed by atoms with Crippen LogP contribution in [0.5, 0.6) is 5.75 Å². The maximum atomic E-state index is 9.94. The van der Waals surface area contributed by atoms with Gasteiger partial charge in [-0.2, -0.15) is 0 Å². The van der Waals surface area contributed by atoms with E-state index in [0.29, 0.717) is 6.54 Å². The van der Waals surface area contributed by atoms with E-state index in [2.05, 4.69) is 4.99 Å². The summed E-state index contributed by atoms with van der Waals surface area (Å²) in [5, 5.41) is 0. The number of aliphatic imine (C=N–C) groups is 1. The second kappa shape index (κ2) is 3.64. The van der Waals surface area contributed by atoms with Crippen molar-refractivity contribution in [3.8, 4) is 5.75 Å². The molecule has 0 saturated heterocycles. The molecule has 0 radical (unpaired) electrons. The van der Waals surface area contributed by atoms with E-state index in [1.807, 2.05) is 25.1 Å². The minimum Gasteiger partial charge on any atom is -0.490 e. The molecule has 1 heterocycles. The van der Waals surface area contributed by atoms with E-state index < -0.39 is 0 Å². The maximum absolute atomic E-state index is 9.94. The SMILES string of the molecule is CC1Cc2ccc(CN=C=O)cc2O1. The molecule has 3 heteroatoms. The van der Waals surface area contributed by atoms with Crippen LogP contribution in [0.15, 0.2) is 23.2 Å². The first kappa shape index (κ1) is 8.97. The molecule has 1 aromatic rings. The molecular weight excluding hydrogens is 178 g/mol. The van der Waals surface area contributed by atoms with Gasteiger partial charge in [0.25, 0.3) is 0 Å². The summed E-state index contributed by atoms with van der Waals surface area (Å²) < 4.78 is 5.59. The van der Waals surface area contributed by atoms with E-state index in [1.165, 1.54) is 11.6 Å². The van der Waals surface area contributed by atoms with E-state index in [-0.39, 0.29) is 6.10 Å². The third-order valence-corrected chi connectivity index (χ3v) is 2.29. The normalized spacial score (nSPS) is 18.2. The fourth-order valence-electron chi connectivity index (χ4n) is 1.67. The number of isocyanates is 1. The van der Waals surface area contributed by atoms with Crippen LogP contribution in [0.3, 0.4) is 0 Å². The molecule has 1 unspecified atom stereocenters. The Hall–Kier alpha value is -1.60. The number of ether oxygens (including phenoxy) is 1. The fourth-order valence-corrected chi connectivity index (χ4v) is 1.67. The van der Waals surface area contributed by atoms with Crippen molar-refractivity contribution in [1.29, 1.82) is 0 Å². The molecule has 0 bridgehead atoms. The first-order valence-electron chi connectivity index (χ1n) is 4.61. The summed E-state index contributed by atoms with van der Waals surface area (Å²) in [4.78, 5) is 13.5. The standard InChI is InChI=1S/C11H11NO2/c1-8-4-10-3-2-9(6-12-7-13)5-11(10)14-8/h2-3,5,8H,4,6H2,1H3. The van der Waals surface area contributed by atoms with Gasteiger partial charge >= 0.3 is 0 Å². The van der Waals surface area contributed by atoms with Crippen LogP contribution in [0.1, 0.15) is 18.1 Å². The van der Waals surface area contributed by atoms with Gasteiger partial charge in [0.05, 0.1) is 6.54 Å². The summed E-state index contributed by atoms with van der Waals surface area (Å²) in [7, 11) is 0. The number of hydrogen-bond donors (Lipinski definition) is 0. The van der Waals surface area contributed by atoms with Gasteiger partial charge in [0.15, 0.2) is 0 Å². The highest BCUT2D eigenvalue weighted by Gasteiger charge is 2.18. The Morgan fingerprint density at radius 3 is 3.29 bits per heavy atom. The number of nitrogens with zero attached hydrogens (tertiary/aromatic N) is 1. The minimum absolute atomic E-state index is 0.259. The molecule has 2 rings (SSSR count). The average Bonchev–Trinajstić information content (AvgIpc) is 2.54. The van der Waals surface area contributed by atoms with Gasteiger partial charge < -0.3 is 4.74 Å². The van der Waals surface area contributed by atoms with Crippen LogP contribution in [0, 0.1) is 0 Å². The van der Waals surface area contributed by atoms with Crippen LogP contribution in [-0.4, -0.2) is 12.2 Å². The Labute approximate surface area is 82.4 Å². The van der Waals surface area contributed by atoms with Gasteiger partial charge in [0, 0.05) is 6.42 Å². The summed E-state index contributed by atoms with van der Waals surface area (Å²) in [6.07, 6.45) is 2.75. The molecule has 3 nitrogen and oxygen atoms in total. The summed E-state index contributed by atoms with van der Waals surface area (Å²) in [6.45, 7) is 2.43. The number of benzene rings is 1. The molecule has 0 saturated carbocycles. The Bertz CT molecular complexity index is 394. The topological polar surface area (TPSA) is 38.7 Å². The number of hydrogen-bond acceptors (Lipinski definition) is 3. The monoisotopic (exact) mass is 189 g/mol. The van der Waals surface area contributed by atoms with E-state index in [1.54, 1.807) is 0 Å². The fraction of sp³-hybridized carbons (Fsp3) is 0.364. The third kappa shape index (κ3) is 1.68. The zero-order valence-electron chi connectivity index (χ0n) is 7.99. The van der Waals surface area contributed by atoms with E-state index >= 15 is 0 Å². The van der Waals surface area contributed by atoms with Gasteiger partial charge in [-0.25, -0.2) is 9.79 Å². The number of fused-ring (bicyclic) bond motifs is 1. The van der Waals surface area contributed by atoms with Gasteiger partial charge in [0.2, 0.25) is 6.08 Å². The van der Waals surface area contributed by atoms with Gasteiger partial charge in [-0.1, -0.05) is 12.1 Å². The minimum atomic E-state index is 0.259. The largest absolute Gasteiger partial charge is 0.490 e. The molecule has 1 aromatic carbocycles. The lowest BCUT2D eigenvalue weighted by molar-refractivity contribution is 0.254. The quantitative estimate of drug-likeness (QED) is 0.526. The Balaban J connectivity index is 2.23. The lowest BCUT2D eigenvalue weighted by Gasteiger charge is -2.03.